The van der Waals surface area contributed by atoms with E-state index in [1.807, 2.05) is 13.0 Å². The van der Waals surface area contributed by atoms with Crippen LogP contribution >= 0.6 is 11.6 Å². The van der Waals surface area contributed by atoms with E-state index in [2.05, 4.69) is 0 Å². The van der Waals surface area contributed by atoms with E-state index in [1.54, 1.807) is 72.8 Å². The number of carboxylic acids is 1. The monoisotopic (exact) mass is 555 g/mol. The zero-order chi connectivity index (χ0) is 28.6. The highest BCUT2D eigenvalue weighted by molar-refractivity contribution is 6.30. The molecule has 4 aromatic rings. The molecule has 202 valence electrons. The molecule has 1 aliphatic rings. The third kappa shape index (κ3) is 4.69. The van der Waals surface area contributed by atoms with E-state index in [9.17, 15) is 23.9 Å². The Morgan fingerprint density at radius 1 is 0.825 bits per heavy atom. The van der Waals surface area contributed by atoms with Crippen LogP contribution in [0.1, 0.15) is 56.3 Å². The Labute approximate surface area is 236 Å². The zero-order valence-electron chi connectivity index (χ0n) is 21.9. The fourth-order valence-electron chi connectivity index (χ4n) is 5.93. The lowest BCUT2D eigenvalue weighted by atomic mass is 9.71. The highest BCUT2D eigenvalue weighted by Gasteiger charge is 2.64. The summed E-state index contributed by atoms with van der Waals surface area (Å²) in [5, 5.41) is 11.3. The summed E-state index contributed by atoms with van der Waals surface area (Å²) >= 11 is 6.19. The average Bonchev–Trinajstić information content (AvgIpc) is 3.23. The standard InChI is InChI=1S/C33H27ClFNO4/c1-20-7-6-10-24(19-20)30(37)27-28(21-13-17-26(35)18-14-21)33(2,32(39)40)36(31(38)23-8-4-3-5-9-23)29(27)22-11-15-25(34)16-12-22/h3-19,27-29H,1-2H3,(H,39,40). The minimum atomic E-state index is -1.88. The van der Waals surface area contributed by atoms with Crippen LogP contribution in [0.2, 0.25) is 5.02 Å². The summed E-state index contributed by atoms with van der Waals surface area (Å²) in [6, 6.07) is 26.7. The van der Waals surface area contributed by atoms with Crippen molar-refractivity contribution in [1.29, 1.82) is 0 Å². The molecule has 7 heteroatoms. The molecule has 0 spiro atoms. The van der Waals surface area contributed by atoms with Crippen LogP contribution in [0, 0.1) is 18.7 Å². The largest absolute Gasteiger partial charge is 0.479 e. The van der Waals surface area contributed by atoms with Gasteiger partial charge in [-0.15, -0.1) is 0 Å². The third-order valence-corrected chi connectivity index (χ3v) is 8.05. The van der Waals surface area contributed by atoms with Gasteiger partial charge in [-0.05, 0) is 67.4 Å². The molecule has 1 heterocycles. The summed E-state index contributed by atoms with van der Waals surface area (Å²) in [6.45, 7) is 3.34. The topological polar surface area (TPSA) is 74.7 Å². The molecule has 0 aliphatic carbocycles. The van der Waals surface area contributed by atoms with Gasteiger partial charge < -0.3 is 10.0 Å². The second-order valence-corrected chi connectivity index (χ2v) is 10.7. The van der Waals surface area contributed by atoms with Gasteiger partial charge in [0.25, 0.3) is 5.91 Å². The van der Waals surface area contributed by atoms with E-state index in [1.165, 1.54) is 36.1 Å². The fraction of sp³-hybridized carbons (Fsp3) is 0.182. The number of ketones is 1. The molecule has 5 nitrogen and oxygen atoms in total. The molecular weight excluding hydrogens is 529 g/mol. The van der Waals surface area contributed by atoms with Crippen molar-refractivity contribution in [3.63, 3.8) is 0 Å². The molecule has 1 saturated heterocycles. The van der Waals surface area contributed by atoms with E-state index in [4.69, 9.17) is 11.6 Å². The first-order chi connectivity index (χ1) is 19.1. The van der Waals surface area contributed by atoms with E-state index in [-0.39, 0.29) is 11.3 Å². The Kier molecular flexibility index (Phi) is 7.30. The summed E-state index contributed by atoms with van der Waals surface area (Å²) < 4.78 is 14.0. The van der Waals surface area contributed by atoms with Crippen LogP contribution in [-0.2, 0) is 4.79 Å². The molecule has 4 atom stereocenters. The van der Waals surface area contributed by atoms with Crippen molar-refractivity contribution in [2.45, 2.75) is 31.3 Å². The van der Waals surface area contributed by atoms with Gasteiger partial charge in [-0.3, -0.25) is 9.59 Å². The van der Waals surface area contributed by atoms with E-state index < -0.39 is 41.1 Å². The molecule has 0 radical (unpaired) electrons. The molecule has 4 unspecified atom stereocenters. The number of carboxylic acid groups (broad SMARTS) is 1. The lowest BCUT2D eigenvalue weighted by molar-refractivity contribution is -0.148. The Morgan fingerprint density at radius 2 is 1.43 bits per heavy atom. The van der Waals surface area contributed by atoms with E-state index in [0.717, 1.165) is 5.56 Å². The van der Waals surface area contributed by atoms with Crippen molar-refractivity contribution in [3.05, 3.63) is 142 Å². The summed E-state index contributed by atoms with van der Waals surface area (Å²) in [7, 11) is 0. The SMILES string of the molecule is Cc1cccc(C(=O)C2C(c3ccc(Cl)cc3)N(C(=O)c3ccccc3)C(C)(C(=O)O)C2c2ccc(F)cc2)c1. The predicted molar refractivity (Wildman–Crippen MR) is 151 cm³/mol. The number of amides is 1. The molecule has 1 N–H and O–H groups in total. The van der Waals surface area contributed by atoms with Gasteiger partial charge in [0.15, 0.2) is 5.78 Å². The first kappa shape index (κ1) is 27.3. The number of aryl methyl sites for hydroxylation is 1. The molecule has 1 amide bonds. The van der Waals surface area contributed by atoms with Gasteiger partial charge in [-0.25, -0.2) is 9.18 Å². The van der Waals surface area contributed by atoms with Gasteiger partial charge in [0.2, 0.25) is 0 Å². The van der Waals surface area contributed by atoms with Gasteiger partial charge in [0.1, 0.15) is 11.4 Å². The van der Waals surface area contributed by atoms with Gasteiger partial charge in [0.05, 0.1) is 12.0 Å². The quantitative estimate of drug-likeness (QED) is 0.257. The number of benzene rings is 4. The molecule has 0 saturated carbocycles. The maximum Gasteiger partial charge on any atom is 0.330 e. The van der Waals surface area contributed by atoms with Gasteiger partial charge in [-0.2, -0.15) is 0 Å². The second-order valence-electron chi connectivity index (χ2n) is 10.3. The third-order valence-electron chi connectivity index (χ3n) is 7.80. The summed E-state index contributed by atoms with van der Waals surface area (Å²) in [5.41, 5.74) is 0.687. The minimum Gasteiger partial charge on any atom is -0.479 e. The summed E-state index contributed by atoms with van der Waals surface area (Å²) in [5.74, 6) is -4.63. The van der Waals surface area contributed by atoms with Crippen LogP contribution in [0.4, 0.5) is 4.39 Å². The van der Waals surface area contributed by atoms with Crippen LogP contribution in [-0.4, -0.2) is 33.2 Å². The van der Waals surface area contributed by atoms with E-state index >= 15 is 0 Å². The number of rotatable bonds is 6. The molecule has 4 aromatic carbocycles. The molecular formula is C33H27ClFNO4. The summed E-state index contributed by atoms with van der Waals surface area (Å²) in [4.78, 5) is 43.4. The van der Waals surface area contributed by atoms with E-state index in [0.29, 0.717) is 21.7 Å². The first-order valence-corrected chi connectivity index (χ1v) is 13.2. The Hall–Kier alpha value is -4.29. The molecule has 0 aromatic heterocycles. The second kappa shape index (κ2) is 10.7. The Balaban J connectivity index is 1.83. The maximum atomic E-state index is 14.5. The van der Waals surface area contributed by atoms with Crippen molar-refractivity contribution in [2.24, 2.45) is 5.92 Å². The first-order valence-electron chi connectivity index (χ1n) is 12.9. The molecule has 0 bridgehead atoms. The fourth-order valence-corrected chi connectivity index (χ4v) is 6.05. The number of nitrogens with zero attached hydrogens (tertiary/aromatic N) is 1. The number of likely N-dealkylation sites (tertiary alicyclic amines) is 1. The van der Waals surface area contributed by atoms with Crippen LogP contribution in [0.25, 0.3) is 0 Å². The van der Waals surface area contributed by atoms with Crippen LogP contribution in [0.15, 0.2) is 103 Å². The van der Waals surface area contributed by atoms with Gasteiger partial charge >= 0.3 is 5.97 Å². The normalized spacial score (nSPS) is 22.2. The lowest BCUT2D eigenvalue weighted by Gasteiger charge is -2.38. The number of halogens is 2. The van der Waals surface area contributed by atoms with Crippen LogP contribution < -0.4 is 0 Å². The van der Waals surface area contributed by atoms with Crippen molar-refractivity contribution in [3.8, 4) is 0 Å². The van der Waals surface area contributed by atoms with Crippen molar-refractivity contribution in [1.82, 2.24) is 4.90 Å². The highest BCUT2D eigenvalue weighted by Crippen LogP contribution is 2.57. The predicted octanol–water partition coefficient (Wildman–Crippen LogP) is 7.11. The molecule has 1 fully saturated rings. The summed E-state index contributed by atoms with van der Waals surface area (Å²) in [6.07, 6.45) is 0. The molecule has 1 aliphatic heterocycles. The number of hydrogen-bond donors (Lipinski definition) is 1. The van der Waals surface area contributed by atoms with Gasteiger partial charge in [-0.1, -0.05) is 77.8 Å². The van der Waals surface area contributed by atoms with Crippen molar-refractivity contribution in [2.75, 3.05) is 0 Å². The minimum absolute atomic E-state index is 0.287. The number of carbonyl (C=O) groups is 3. The van der Waals surface area contributed by atoms with Crippen molar-refractivity contribution >= 4 is 29.3 Å². The van der Waals surface area contributed by atoms with Crippen LogP contribution in [0.5, 0.6) is 0 Å². The lowest BCUT2D eigenvalue weighted by Crippen LogP contribution is -2.54. The maximum absolute atomic E-state index is 14.5. The van der Waals surface area contributed by atoms with Gasteiger partial charge in [0, 0.05) is 22.1 Å². The highest BCUT2D eigenvalue weighted by atomic mass is 35.5. The number of aliphatic carboxylic acids is 1. The average molecular weight is 556 g/mol. The number of Topliss-reactive ketones (excluding diaryl/α,β-unsaturated/α-hetero) is 1. The number of hydrogen-bond acceptors (Lipinski definition) is 3. The number of carbonyl (C=O) groups excluding carboxylic acids is 2. The smallest absolute Gasteiger partial charge is 0.330 e. The zero-order valence-corrected chi connectivity index (χ0v) is 22.7. The Bertz CT molecular complexity index is 1570. The van der Waals surface area contributed by atoms with Crippen LogP contribution in [0.3, 0.4) is 0 Å². The molecule has 5 rings (SSSR count). The molecule has 40 heavy (non-hydrogen) atoms. The van der Waals surface area contributed by atoms with Crippen molar-refractivity contribution < 1.29 is 23.9 Å². The Morgan fingerprint density at radius 3 is 2.02 bits per heavy atom.